The second-order valence-corrected chi connectivity index (χ2v) is 5.04. The number of nitrogens with one attached hydrogen (secondary N) is 1. The summed E-state index contributed by atoms with van der Waals surface area (Å²) >= 11 is 0. The fourth-order valence-electron chi connectivity index (χ4n) is 2.01. The summed E-state index contributed by atoms with van der Waals surface area (Å²) in [6.45, 7) is 5.61. The van der Waals surface area contributed by atoms with Crippen LogP contribution in [-0.4, -0.2) is 36.1 Å². The first-order valence-corrected chi connectivity index (χ1v) is 6.51. The normalized spacial score (nSPS) is 12.2. The second-order valence-electron chi connectivity index (χ2n) is 5.04. The molecule has 110 valence electrons. The Hall–Kier alpha value is -1.88. The number of aryl methyl sites for hydroxylation is 1. The van der Waals surface area contributed by atoms with Gasteiger partial charge < -0.3 is 15.2 Å². The van der Waals surface area contributed by atoms with Gasteiger partial charge in [-0.1, -0.05) is 25.5 Å². The van der Waals surface area contributed by atoms with E-state index in [1.54, 1.807) is 12.1 Å². The van der Waals surface area contributed by atoms with Crippen LogP contribution in [0.1, 0.15) is 36.2 Å². The highest BCUT2D eigenvalue weighted by molar-refractivity contribution is 6.04. The molecule has 0 fully saturated rings. The highest BCUT2D eigenvalue weighted by Gasteiger charge is 2.25. The predicted octanol–water partition coefficient (Wildman–Crippen LogP) is 2.03. The van der Waals surface area contributed by atoms with Crippen LogP contribution in [0.3, 0.4) is 0 Å². The van der Waals surface area contributed by atoms with Crippen LogP contribution in [0.5, 0.6) is 5.75 Å². The van der Waals surface area contributed by atoms with Gasteiger partial charge in [0, 0.05) is 6.04 Å². The number of ether oxygens (including phenoxy) is 1. The molecule has 5 heteroatoms. The molecule has 0 aliphatic rings. The summed E-state index contributed by atoms with van der Waals surface area (Å²) in [7, 11) is 1.49. The summed E-state index contributed by atoms with van der Waals surface area (Å²) < 4.78 is 5.19. The summed E-state index contributed by atoms with van der Waals surface area (Å²) in [4.78, 5) is 23.5. The van der Waals surface area contributed by atoms with Crippen LogP contribution in [0.2, 0.25) is 0 Å². The van der Waals surface area contributed by atoms with Crippen molar-refractivity contribution in [2.75, 3.05) is 7.11 Å². The highest BCUT2D eigenvalue weighted by atomic mass is 16.5. The molecule has 0 aromatic heterocycles. The van der Waals surface area contributed by atoms with Crippen LogP contribution in [0.15, 0.2) is 18.2 Å². The summed E-state index contributed by atoms with van der Waals surface area (Å²) in [5.41, 5.74) is 1.33. The minimum absolute atomic E-state index is 0.0131. The Morgan fingerprint density at radius 1 is 1.35 bits per heavy atom. The lowest BCUT2D eigenvalue weighted by molar-refractivity contribution is -0.137. The summed E-state index contributed by atoms with van der Waals surface area (Å²) in [5.74, 6) is -0.814. The molecule has 0 spiro atoms. The van der Waals surface area contributed by atoms with Crippen molar-refractivity contribution in [3.05, 3.63) is 29.3 Å². The number of carboxylic acid groups (broad SMARTS) is 1. The van der Waals surface area contributed by atoms with Crippen molar-refractivity contribution in [2.45, 2.75) is 39.3 Å². The van der Waals surface area contributed by atoms with Crippen molar-refractivity contribution >= 4 is 11.8 Å². The van der Waals surface area contributed by atoms with Gasteiger partial charge in [0.25, 0.3) is 0 Å². The number of rotatable bonds is 7. The van der Waals surface area contributed by atoms with Gasteiger partial charge in [-0.2, -0.15) is 0 Å². The molecule has 2 N–H and O–H groups in total. The number of benzene rings is 1. The number of ketones is 1. The number of hydrogen-bond acceptors (Lipinski definition) is 4. The molecule has 0 radical (unpaired) electrons. The van der Waals surface area contributed by atoms with E-state index in [1.807, 2.05) is 26.8 Å². The summed E-state index contributed by atoms with van der Waals surface area (Å²) in [6.07, 6.45) is -0.256. The molecule has 1 rings (SSSR count). The molecule has 0 aliphatic heterocycles. The number of methoxy groups -OCH3 is 1. The van der Waals surface area contributed by atoms with E-state index in [1.165, 1.54) is 7.11 Å². The van der Waals surface area contributed by atoms with Gasteiger partial charge in [0.1, 0.15) is 5.75 Å². The smallest absolute Gasteiger partial charge is 0.305 e. The third kappa shape index (κ3) is 4.35. The van der Waals surface area contributed by atoms with Crippen LogP contribution in [-0.2, 0) is 4.79 Å². The second kappa shape index (κ2) is 7.05. The average molecular weight is 279 g/mol. The SMILES string of the molecule is COc1ccc(C)cc1C(=O)C(CC(=O)O)NC(C)C. The lowest BCUT2D eigenvalue weighted by Crippen LogP contribution is -2.42. The molecule has 1 unspecified atom stereocenters. The van der Waals surface area contributed by atoms with E-state index in [0.29, 0.717) is 11.3 Å². The lowest BCUT2D eigenvalue weighted by Gasteiger charge is -2.20. The lowest BCUT2D eigenvalue weighted by atomic mass is 9.98. The van der Waals surface area contributed by atoms with Gasteiger partial charge in [-0.15, -0.1) is 0 Å². The van der Waals surface area contributed by atoms with Crippen LogP contribution >= 0.6 is 0 Å². The van der Waals surface area contributed by atoms with E-state index in [4.69, 9.17) is 9.84 Å². The quantitative estimate of drug-likeness (QED) is 0.747. The third-order valence-electron chi connectivity index (χ3n) is 2.85. The topological polar surface area (TPSA) is 75.6 Å². The van der Waals surface area contributed by atoms with E-state index in [-0.39, 0.29) is 18.2 Å². The molecule has 0 saturated heterocycles. The summed E-state index contributed by atoms with van der Waals surface area (Å²) in [5, 5.41) is 11.9. The first-order chi connectivity index (χ1) is 9.35. The standard InChI is InChI=1S/C15H21NO4/c1-9(2)16-12(8-14(17)18)15(19)11-7-10(3)5-6-13(11)20-4/h5-7,9,12,16H,8H2,1-4H3,(H,17,18). The van der Waals surface area contributed by atoms with Crippen LogP contribution in [0, 0.1) is 6.92 Å². The number of carbonyl (C=O) groups is 2. The minimum atomic E-state index is -1.01. The zero-order chi connectivity index (χ0) is 15.3. The number of hydrogen-bond donors (Lipinski definition) is 2. The zero-order valence-corrected chi connectivity index (χ0v) is 12.3. The first-order valence-electron chi connectivity index (χ1n) is 6.51. The van der Waals surface area contributed by atoms with Crippen molar-refractivity contribution in [3.63, 3.8) is 0 Å². The number of aliphatic carboxylic acids is 1. The van der Waals surface area contributed by atoms with E-state index >= 15 is 0 Å². The molecule has 0 amide bonds. The monoisotopic (exact) mass is 279 g/mol. The van der Waals surface area contributed by atoms with Crippen molar-refractivity contribution < 1.29 is 19.4 Å². The molecule has 0 aliphatic carbocycles. The fraction of sp³-hybridized carbons (Fsp3) is 0.467. The van der Waals surface area contributed by atoms with Crippen LogP contribution < -0.4 is 10.1 Å². The first kappa shape index (κ1) is 16.2. The van der Waals surface area contributed by atoms with Crippen molar-refractivity contribution in [1.29, 1.82) is 0 Å². The molecule has 20 heavy (non-hydrogen) atoms. The van der Waals surface area contributed by atoms with E-state index in [0.717, 1.165) is 5.56 Å². The van der Waals surface area contributed by atoms with Gasteiger partial charge in [0.05, 0.1) is 25.1 Å². The number of carboxylic acids is 1. The average Bonchev–Trinajstić information content (AvgIpc) is 2.36. The molecule has 0 saturated carbocycles. The van der Waals surface area contributed by atoms with Crippen molar-refractivity contribution in [3.8, 4) is 5.75 Å². The predicted molar refractivity (Wildman–Crippen MR) is 76.4 cm³/mol. The Kier molecular flexibility index (Phi) is 5.70. The Labute approximate surface area is 118 Å². The molecule has 0 bridgehead atoms. The number of carbonyl (C=O) groups excluding carboxylic acids is 1. The maximum atomic E-state index is 12.5. The van der Waals surface area contributed by atoms with Gasteiger partial charge in [-0.3, -0.25) is 9.59 Å². The molecular formula is C15H21NO4. The van der Waals surface area contributed by atoms with E-state index in [9.17, 15) is 9.59 Å². The summed E-state index contributed by atoms with van der Waals surface area (Å²) in [6, 6.07) is 4.54. The fourth-order valence-corrected chi connectivity index (χ4v) is 2.01. The third-order valence-corrected chi connectivity index (χ3v) is 2.85. The van der Waals surface area contributed by atoms with Gasteiger partial charge in [-0.05, 0) is 19.1 Å². The Bertz CT molecular complexity index is 497. The Morgan fingerprint density at radius 2 is 2.00 bits per heavy atom. The number of Topliss-reactive ketones (excluding diaryl/α,β-unsaturated/α-hetero) is 1. The van der Waals surface area contributed by atoms with E-state index < -0.39 is 12.0 Å². The molecule has 5 nitrogen and oxygen atoms in total. The minimum Gasteiger partial charge on any atom is -0.496 e. The Morgan fingerprint density at radius 3 is 2.50 bits per heavy atom. The van der Waals surface area contributed by atoms with Crippen molar-refractivity contribution in [1.82, 2.24) is 5.32 Å². The molecule has 1 aromatic carbocycles. The maximum absolute atomic E-state index is 12.5. The van der Waals surface area contributed by atoms with Crippen LogP contribution in [0.25, 0.3) is 0 Å². The molecule has 0 heterocycles. The molecular weight excluding hydrogens is 258 g/mol. The highest BCUT2D eigenvalue weighted by Crippen LogP contribution is 2.22. The largest absolute Gasteiger partial charge is 0.496 e. The van der Waals surface area contributed by atoms with Crippen molar-refractivity contribution in [2.24, 2.45) is 0 Å². The Balaban J connectivity index is 3.10. The molecule has 1 aromatic rings. The maximum Gasteiger partial charge on any atom is 0.305 e. The van der Waals surface area contributed by atoms with Gasteiger partial charge in [0.15, 0.2) is 5.78 Å². The van der Waals surface area contributed by atoms with Crippen LogP contribution in [0.4, 0.5) is 0 Å². The van der Waals surface area contributed by atoms with Gasteiger partial charge in [-0.25, -0.2) is 0 Å². The zero-order valence-electron chi connectivity index (χ0n) is 12.3. The van der Waals surface area contributed by atoms with Gasteiger partial charge in [0.2, 0.25) is 0 Å². The molecule has 1 atom stereocenters. The van der Waals surface area contributed by atoms with E-state index in [2.05, 4.69) is 5.32 Å². The van der Waals surface area contributed by atoms with Gasteiger partial charge >= 0.3 is 5.97 Å².